The number of hydrogen-bond acceptors (Lipinski definition) is 4. The molecule has 0 saturated carbocycles. The van der Waals surface area contributed by atoms with Crippen LogP contribution < -0.4 is 5.32 Å². The van der Waals surface area contributed by atoms with Crippen molar-refractivity contribution in [2.75, 3.05) is 11.9 Å². The molecule has 0 spiro atoms. The van der Waals surface area contributed by atoms with Gasteiger partial charge in [-0.05, 0) is 24.5 Å². The number of nitrogens with zero attached hydrogens (tertiary/aromatic N) is 3. The maximum Gasteiger partial charge on any atom is 0.157 e. The van der Waals surface area contributed by atoms with Gasteiger partial charge in [0.15, 0.2) is 5.65 Å². The first-order valence-corrected chi connectivity index (χ1v) is 8.54. The Bertz CT molecular complexity index is 1000. The van der Waals surface area contributed by atoms with Gasteiger partial charge in [-0.25, -0.2) is 4.98 Å². The average molecular weight is 335 g/mol. The van der Waals surface area contributed by atoms with Gasteiger partial charge >= 0.3 is 0 Å². The van der Waals surface area contributed by atoms with Crippen LogP contribution in [0.15, 0.2) is 48.8 Å². The summed E-state index contributed by atoms with van der Waals surface area (Å²) in [5, 5.41) is 18.8. The van der Waals surface area contributed by atoms with Crippen molar-refractivity contribution in [3.63, 3.8) is 0 Å². The number of hydrogen-bond donors (Lipinski definition) is 3. The maximum absolute atomic E-state index is 9.89. The summed E-state index contributed by atoms with van der Waals surface area (Å²) in [7, 11) is 0. The lowest BCUT2D eigenvalue weighted by Gasteiger charge is -2.18. The van der Waals surface area contributed by atoms with Gasteiger partial charge < -0.3 is 15.4 Å². The van der Waals surface area contributed by atoms with Crippen LogP contribution in [-0.2, 0) is 12.8 Å². The van der Waals surface area contributed by atoms with E-state index in [0.29, 0.717) is 6.42 Å². The summed E-state index contributed by atoms with van der Waals surface area (Å²) < 4.78 is 1.77. The van der Waals surface area contributed by atoms with Crippen molar-refractivity contribution < 1.29 is 5.11 Å². The van der Waals surface area contributed by atoms with E-state index in [4.69, 9.17) is 0 Å². The molecule has 4 aromatic rings. The minimum atomic E-state index is -0.112. The van der Waals surface area contributed by atoms with Gasteiger partial charge in [0.1, 0.15) is 5.82 Å². The second-order valence-corrected chi connectivity index (χ2v) is 6.17. The van der Waals surface area contributed by atoms with Crippen molar-refractivity contribution in [3.05, 3.63) is 60.0 Å². The van der Waals surface area contributed by atoms with Crippen LogP contribution in [0.25, 0.3) is 16.6 Å². The molecule has 0 fully saturated rings. The molecule has 6 nitrogen and oxygen atoms in total. The fourth-order valence-electron chi connectivity index (χ4n) is 3.19. The fourth-order valence-corrected chi connectivity index (χ4v) is 3.19. The number of aromatic nitrogens is 4. The third kappa shape index (κ3) is 2.96. The Morgan fingerprint density at radius 2 is 2.16 bits per heavy atom. The fraction of sp³-hybridized carbons (Fsp3) is 0.263. The molecule has 3 aromatic heterocycles. The molecule has 0 radical (unpaired) electrons. The number of aryl methyl sites for hydroxylation is 1. The van der Waals surface area contributed by atoms with Crippen LogP contribution in [-0.4, -0.2) is 37.3 Å². The predicted octanol–water partition coefficient (Wildman–Crippen LogP) is 2.79. The lowest BCUT2D eigenvalue weighted by molar-refractivity contribution is 0.273. The number of anilines is 1. The number of fused-ring (bicyclic) bond motifs is 2. The SMILES string of the molecule is CCc1cc(NC(CO)Cc2c[nH]c3ccccc23)n2nccc2n1. The van der Waals surface area contributed by atoms with Crippen LogP contribution in [0.4, 0.5) is 5.82 Å². The van der Waals surface area contributed by atoms with Crippen molar-refractivity contribution in [3.8, 4) is 0 Å². The van der Waals surface area contributed by atoms with Crippen LogP contribution in [0, 0.1) is 0 Å². The summed E-state index contributed by atoms with van der Waals surface area (Å²) in [5.41, 5.74) is 4.11. The Morgan fingerprint density at radius 1 is 1.28 bits per heavy atom. The number of H-pyrrole nitrogens is 1. The third-order valence-corrected chi connectivity index (χ3v) is 4.49. The first kappa shape index (κ1) is 15.7. The van der Waals surface area contributed by atoms with E-state index in [0.717, 1.165) is 29.1 Å². The van der Waals surface area contributed by atoms with Gasteiger partial charge in [-0.15, -0.1) is 0 Å². The summed E-state index contributed by atoms with van der Waals surface area (Å²) in [5.74, 6) is 0.853. The highest BCUT2D eigenvalue weighted by atomic mass is 16.3. The first-order valence-electron chi connectivity index (χ1n) is 8.54. The van der Waals surface area contributed by atoms with Crippen molar-refractivity contribution in [1.29, 1.82) is 0 Å². The molecule has 0 aliphatic heterocycles. The lowest BCUT2D eigenvalue weighted by atomic mass is 10.1. The summed E-state index contributed by atoms with van der Waals surface area (Å²) in [6.07, 6.45) is 5.32. The van der Waals surface area contributed by atoms with Crippen molar-refractivity contribution in [2.24, 2.45) is 0 Å². The topological polar surface area (TPSA) is 78.2 Å². The van der Waals surface area contributed by atoms with Gasteiger partial charge in [-0.2, -0.15) is 9.61 Å². The normalized spacial score (nSPS) is 12.7. The Balaban J connectivity index is 1.63. The van der Waals surface area contributed by atoms with Crippen molar-refractivity contribution in [2.45, 2.75) is 25.8 Å². The minimum Gasteiger partial charge on any atom is -0.394 e. The van der Waals surface area contributed by atoms with E-state index >= 15 is 0 Å². The quantitative estimate of drug-likeness (QED) is 0.506. The number of rotatable bonds is 6. The van der Waals surface area contributed by atoms with Crippen LogP contribution in [0.2, 0.25) is 0 Å². The zero-order valence-corrected chi connectivity index (χ0v) is 14.1. The van der Waals surface area contributed by atoms with Crippen LogP contribution in [0.3, 0.4) is 0 Å². The van der Waals surface area contributed by atoms with E-state index in [2.05, 4.69) is 39.4 Å². The van der Waals surface area contributed by atoms with Gasteiger partial charge in [-0.3, -0.25) is 0 Å². The van der Waals surface area contributed by atoms with Gasteiger partial charge in [0.25, 0.3) is 0 Å². The summed E-state index contributed by atoms with van der Waals surface area (Å²) in [6, 6.07) is 12.0. The number of para-hydroxylation sites is 1. The van der Waals surface area contributed by atoms with E-state index in [1.165, 1.54) is 10.9 Å². The third-order valence-electron chi connectivity index (χ3n) is 4.49. The summed E-state index contributed by atoms with van der Waals surface area (Å²) in [4.78, 5) is 7.85. The molecule has 0 aliphatic rings. The lowest BCUT2D eigenvalue weighted by Crippen LogP contribution is -2.27. The Labute approximate surface area is 145 Å². The molecule has 6 heteroatoms. The van der Waals surface area contributed by atoms with Crippen LogP contribution in [0.5, 0.6) is 0 Å². The Hall–Kier alpha value is -2.86. The number of benzene rings is 1. The molecule has 0 saturated heterocycles. The molecule has 0 bridgehead atoms. The molecule has 0 aliphatic carbocycles. The van der Waals surface area contributed by atoms with Crippen LogP contribution >= 0.6 is 0 Å². The molecule has 1 aromatic carbocycles. The largest absolute Gasteiger partial charge is 0.394 e. The second-order valence-electron chi connectivity index (χ2n) is 6.17. The van der Waals surface area contributed by atoms with E-state index in [1.54, 1.807) is 10.7 Å². The molecule has 128 valence electrons. The standard InChI is InChI=1S/C19H21N5O/c1-2-14-10-19(24-18(22-14)7-8-21-24)23-15(12-25)9-13-11-20-17-6-4-3-5-16(13)17/h3-8,10-11,15,20,23,25H,2,9,12H2,1H3. The van der Waals surface area contributed by atoms with E-state index in [1.807, 2.05) is 30.5 Å². The summed E-state index contributed by atoms with van der Waals surface area (Å²) in [6.45, 7) is 2.11. The zero-order valence-electron chi connectivity index (χ0n) is 14.1. The zero-order chi connectivity index (χ0) is 17.2. The highest BCUT2D eigenvalue weighted by Crippen LogP contribution is 2.21. The number of aliphatic hydroxyl groups is 1. The molecule has 25 heavy (non-hydrogen) atoms. The summed E-state index contributed by atoms with van der Waals surface area (Å²) >= 11 is 0. The molecular weight excluding hydrogens is 314 g/mol. The smallest absolute Gasteiger partial charge is 0.157 e. The molecule has 0 amide bonds. The molecule has 3 heterocycles. The molecule has 4 rings (SSSR count). The van der Waals surface area contributed by atoms with E-state index in [9.17, 15) is 5.11 Å². The second kappa shape index (κ2) is 6.57. The van der Waals surface area contributed by atoms with Crippen molar-refractivity contribution in [1.82, 2.24) is 19.6 Å². The van der Waals surface area contributed by atoms with Gasteiger partial charge in [0.2, 0.25) is 0 Å². The van der Waals surface area contributed by atoms with E-state index in [-0.39, 0.29) is 12.6 Å². The van der Waals surface area contributed by atoms with E-state index < -0.39 is 0 Å². The van der Waals surface area contributed by atoms with Gasteiger partial charge in [-0.1, -0.05) is 25.1 Å². The van der Waals surface area contributed by atoms with Crippen molar-refractivity contribution >= 4 is 22.4 Å². The highest BCUT2D eigenvalue weighted by Gasteiger charge is 2.14. The first-order chi connectivity index (χ1) is 12.3. The monoisotopic (exact) mass is 335 g/mol. The molecule has 1 unspecified atom stereocenters. The maximum atomic E-state index is 9.89. The Morgan fingerprint density at radius 3 is 3.00 bits per heavy atom. The average Bonchev–Trinajstić information content (AvgIpc) is 3.28. The number of aromatic amines is 1. The van der Waals surface area contributed by atoms with Gasteiger partial charge in [0.05, 0.1) is 18.8 Å². The molecule has 1 atom stereocenters. The van der Waals surface area contributed by atoms with Crippen LogP contribution in [0.1, 0.15) is 18.2 Å². The predicted molar refractivity (Wildman–Crippen MR) is 98.9 cm³/mol. The highest BCUT2D eigenvalue weighted by molar-refractivity contribution is 5.83. The number of aliphatic hydroxyl groups excluding tert-OH is 1. The minimum absolute atomic E-state index is 0.0338. The number of nitrogens with one attached hydrogen (secondary N) is 2. The molecule has 3 N–H and O–H groups in total. The van der Waals surface area contributed by atoms with Gasteiger partial charge in [0, 0.05) is 34.9 Å². The Kier molecular flexibility index (Phi) is 4.11. The molecular formula is C19H21N5O.